The molecule has 29 heavy (non-hydrogen) atoms. The van der Waals surface area contributed by atoms with Gasteiger partial charge in [-0.05, 0) is 57.9 Å². The highest BCUT2D eigenvalue weighted by Crippen LogP contribution is 2.16. The number of amides is 2. The fraction of sp³-hybridized carbons (Fsp3) is 0.417. The Kier molecular flexibility index (Phi) is 7.43. The van der Waals surface area contributed by atoms with Gasteiger partial charge in [-0.3, -0.25) is 9.59 Å². The molecule has 0 aromatic heterocycles. The average molecular weight is 397 g/mol. The van der Waals surface area contributed by atoms with E-state index in [1.807, 2.05) is 76.2 Å². The molecule has 156 valence electrons. The van der Waals surface area contributed by atoms with Crippen molar-refractivity contribution in [3.8, 4) is 5.75 Å². The molecule has 0 bridgehead atoms. The molecule has 0 aliphatic rings. The van der Waals surface area contributed by atoms with Crippen LogP contribution in [-0.2, 0) is 22.6 Å². The molecular formula is C24H32N2O3. The quantitative estimate of drug-likeness (QED) is 0.773. The second-order valence-electron chi connectivity index (χ2n) is 8.45. The van der Waals surface area contributed by atoms with Crippen LogP contribution in [0.5, 0.6) is 5.75 Å². The standard InChI is InChI=1S/C24H32N2O3/c1-17-8-7-9-20(14-17)16-26(18(2)23(28)25-24(3,4)5)22(27)15-19-10-12-21(29-6)13-11-19/h7-14,18H,15-16H2,1-6H3,(H,25,28)/t18-/m0/s1. The topological polar surface area (TPSA) is 58.6 Å². The van der Waals surface area contributed by atoms with E-state index in [2.05, 4.69) is 5.32 Å². The van der Waals surface area contributed by atoms with E-state index in [0.717, 1.165) is 22.4 Å². The molecule has 2 aromatic carbocycles. The van der Waals surface area contributed by atoms with Crippen molar-refractivity contribution in [2.75, 3.05) is 7.11 Å². The van der Waals surface area contributed by atoms with Crippen LogP contribution in [0.15, 0.2) is 48.5 Å². The average Bonchev–Trinajstić information content (AvgIpc) is 2.65. The van der Waals surface area contributed by atoms with Crippen LogP contribution in [0.25, 0.3) is 0 Å². The molecule has 0 fully saturated rings. The molecule has 5 heteroatoms. The zero-order chi connectivity index (χ0) is 21.6. The maximum Gasteiger partial charge on any atom is 0.242 e. The molecule has 0 spiro atoms. The Morgan fingerprint density at radius 1 is 1.07 bits per heavy atom. The molecule has 1 atom stereocenters. The lowest BCUT2D eigenvalue weighted by atomic mass is 10.1. The van der Waals surface area contributed by atoms with E-state index in [0.29, 0.717) is 6.54 Å². The van der Waals surface area contributed by atoms with Crippen molar-refractivity contribution in [3.63, 3.8) is 0 Å². The van der Waals surface area contributed by atoms with E-state index in [4.69, 9.17) is 4.74 Å². The van der Waals surface area contributed by atoms with Gasteiger partial charge in [-0.15, -0.1) is 0 Å². The Bertz CT molecular complexity index is 838. The number of carbonyl (C=O) groups excluding carboxylic acids is 2. The second kappa shape index (κ2) is 9.59. The van der Waals surface area contributed by atoms with Gasteiger partial charge in [0.05, 0.1) is 13.5 Å². The SMILES string of the molecule is COc1ccc(CC(=O)N(Cc2cccc(C)c2)[C@@H](C)C(=O)NC(C)(C)C)cc1. The molecule has 0 saturated carbocycles. The van der Waals surface area contributed by atoms with Gasteiger partial charge >= 0.3 is 0 Å². The summed E-state index contributed by atoms with van der Waals surface area (Å²) >= 11 is 0. The molecule has 0 aliphatic carbocycles. The van der Waals surface area contributed by atoms with Crippen LogP contribution in [0, 0.1) is 6.92 Å². The van der Waals surface area contributed by atoms with Gasteiger partial charge in [0, 0.05) is 12.1 Å². The van der Waals surface area contributed by atoms with E-state index < -0.39 is 6.04 Å². The first-order chi connectivity index (χ1) is 13.6. The fourth-order valence-electron chi connectivity index (χ4n) is 3.08. The Hall–Kier alpha value is -2.82. The number of aryl methyl sites for hydroxylation is 1. The highest BCUT2D eigenvalue weighted by Gasteiger charge is 2.28. The van der Waals surface area contributed by atoms with Crippen molar-refractivity contribution in [2.24, 2.45) is 0 Å². The van der Waals surface area contributed by atoms with Crippen molar-refractivity contribution in [2.45, 2.75) is 59.2 Å². The van der Waals surface area contributed by atoms with Crippen molar-refractivity contribution in [1.82, 2.24) is 10.2 Å². The normalized spacial score (nSPS) is 12.2. The van der Waals surface area contributed by atoms with Crippen molar-refractivity contribution in [1.29, 1.82) is 0 Å². The highest BCUT2D eigenvalue weighted by molar-refractivity contribution is 5.88. The summed E-state index contributed by atoms with van der Waals surface area (Å²) in [6, 6.07) is 14.9. The van der Waals surface area contributed by atoms with E-state index in [-0.39, 0.29) is 23.8 Å². The van der Waals surface area contributed by atoms with Gasteiger partial charge in [0.2, 0.25) is 11.8 Å². The Balaban J connectivity index is 2.24. The maximum absolute atomic E-state index is 13.2. The molecular weight excluding hydrogens is 364 g/mol. The van der Waals surface area contributed by atoms with Crippen LogP contribution in [0.3, 0.4) is 0 Å². The predicted octanol–water partition coefficient (Wildman–Crippen LogP) is 3.88. The highest BCUT2D eigenvalue weighted by atomic mass is 16.5. The molecule has 2 rings (SSSR count). The summed E-state index contributed by atoms with van der Waals surface area (Å²) in [4.78, 5) is 27.6. The first-order valence-corrected chi connectivity index (χ1v) is 9.89. The third-order valence-corrected chi connectivity index (χ3v) is 4.62. The van der Waals surface area contributed by atoms with Gasteiger partial charge in [-0.25, -0.2) is 0 Å². The van der Waals surface area contributed by atoms with Crippen LogP contribution < -0.4 is 10.1 Å². The largest absolute Gasteiger partial charge is 0.497 e. The molecule has 0 aliphatic heterocycles. The minimum Gasteiger partial charge on any atom is -0.497 e. The van der Waals surface area contributed by atoms with Crippen molar-refractivity contribution in [3.05, 3.63) is 65.2 Å². The molecule has 5 nitrogen and oxygen atoms in total. The van der Waals surface area contributed by atoms with Crippen LogP contribution in [0.4, 0.5) is 0 Å². The Morgan fingerprint density at radius 3 is 2.28 bits per heavy atom. The Labute approximate surface area is 174 Å². The molecule has 0 saturated heterocycles. The summed E-state index contributed by atoms with van der Waals surface area (Å²) in [5.74, 6) is 0.497. The zero-order valence-electron chi connectivity index (χ0n) is 18.3. The number of hydrogen-bond donors (Lipinski definition) is 1. The monoisotopic (exact) mass is 396 g/mol. The second-order valence-corrected chi connectivity index (χ2v) is 8.45. The minimum atomic E-state index is -0.583. The van der Waals surface area contributed by atoms with Crippen LogP contribution in [0.1, 0.15) is 44.4 Å². The summed E-state index contributed by atoms with van der Waals surface area (Å²) < 4.78 is 5.18. The van der Waals surface area contributed by atoms with E-state index >= 15 is 0 Å². The smallest absolute Gasteiger partial charge is 0.242 e. The van der Waals surface area contributed by atoms with E-state index in [1.54, 1.807) is 18.9 Å². The van der Waals surface area contributed by atoms with Gasteiger partial charge < -0.3 is 15.0 Å². The van der Waals surface area contributed by atoms with E-state index in [1.165, 1.54) is 0 Å². The zero-order valence-corrected chi connectivity index (χ0v) is 18.3. The first-order valence-electron chi connectivity index (χ1n) is 9.89. The molecule has 0 radical (unpaired) electrons. The lowest BCUT2D eigenvalue weighted by molar-refractivity contribution is -0.140. The molecule has 1 N–H and O–H groups in total. The molecule has 0 heterocycles. The van der Waals surface area contributed by atoms with E-state index in [9.17, 15) is 9.59 Å². The van der Waals surface area contributed by atoms with Crippen LogP contribution >= 0.6 is 0 Å². The number of methoxy groups -OCH3 is 1. The summed E-state index contributed by atoms with van der Waals surface area (Å²) in [6.45, 7) is 9.98. The summed E-state index contributed by atoms with van der Waals surface area (Å²) in [5.41, 5.74) is 2.65. The van der Waals surface area contributed by atoms with Crippen LogP contribution in [-0.4, -0.2) is 35.4 Å². The molecule has 0 unspecified atom stereocenters. The molecule has 2 aromatic rings. The third kappa shape index (κ3) is 6.93. The van der Waals surface area contributed by atoms with Gasteiger partial charge in [0.15, 0.2) is 0 Å². The fourth-order valence-corrected chi connectivity index (χ4v) is 3.08. The van der Waals surface area contributed by atoms with Crippen LogP contribution in [0.2, 0.25) is 0 Å². The predicted molar refractivity (Wildman–Crippen MR) is 116 cm³/mol. The number of ether oxygens (including phenoxy) is 1. The maximum atomic E-state index is 13.2. The lowest BCUT2D eigenvalue weighted by Crippen LogP contribution is -2.52. The van der Waals surface area contributed by atoms with Gasteiger partial charge in [-0.1, -0.05) is 42.0 Å². The molecule has 2 amide bonds. The Morgan fingerprint density at radius 2 is 1.72 bits per heavy atom. The third-order valence-electron chi connectivity index (χ3n) is 4.62. The van der Waals surface area contributed by atoms with Crippen molar-refractivity contribution < 1.29 is 14.3 Å². The number of carbonyl (C=O) groups is 2. The minimum absolute atomic E-state index is 0.0896. The number of rotatable bonds is 7. The van der Waals surface area contributed by atoms with Crippen molar-refractivity contribution >= 4 is 11.8 Å². The number of hydrogen-bond acceptors (Lipinski definition) is 3. The van der Waals surface area contributed by atoms with Gasteiger partial charge in [0.1, 0.15) is 11.8 Å². The van der Waals surface area contributed by atoms with Gasteiger partial charge in [0.25, 0.3) is 0 Å². The number of benzene rings is 2. The first kappa shape index (κ1) is 22.5. The van der Waals surface area contributed by atoms with Gasteiger partial charge in [-0.2, -0.15) is 0 Å². The summed E-state index contributed by atoms with van der Waals surface area (Å²) in [6.07, 6.45) is 0.225. The number of nitrogens with zero attached hydrogens (tertiary/aromatic N) is 1. The number of nitrogens with one attached hydrogen (secondary N) is 1. The lowest BCUT2D eigenvalue weighted by Gasteiger charge is -2.31. The summed E-state index contributed by atoms with van der Waals surface area (Å²) in [5, 5.41) is 2.98. The summed E-state index contributed by atoms with van der Waals surface area (Å²) in [7, 11) is 1.61.